The van der Waals surface area contributed by atoms with Gasteiger partial charge in [0.15, 0.2) is 11.5 Å². The largest absolute Gasteiger partial charge is 0.457 e. The molecule has 0 unspecified atom stereocenters. The fraction of sp³-hybridized carbons (Fsp3) is 0.238. The van der Waals surface area contributed by atoms with Crippen molar-refractivity contribution in [3.63, 3.8) is 0 Å². The summed E-state index contributed by atoms with van der Waals surface area (Å²) < 4.78 is 16.3. The number of urea groups is 1. The number of carbonyl (C=O) groups is 2. The highest BCUT2D eigenvalue weighted by Crippen LogP contribution is 2.37. The van der Waals surface area contributed by atoms with E-state index in [0.717, 1.165) is 11.1 Å². The van der Waals surface area contributed by atoms with Crippen LogP contribution in [0.3, 0.4) is 0 Å². The van der Waals surface area contributed by atoms with E-state index < -0.39 is 12.0 Å². The molecule has 2 aliphatic rings. The predicted octanol–water partition coefficient (Wildman–Crippen LogP) is 3.10. The van der Waals surface area contributed by atoms with Gasteiger partial charge < -0.3 is 24.8 Å². The number of benzene rings is 2. The van der Waals surface area contributed by atoms with Gasteiger partial charge in [-0.15, -0.1) is 0 Å². The minimum atomic E-state index is -0.645. The zero-order chi connectivity index (χ0) is 19.7. The number of carbonyl (C=O) groups excluding carboxylic acids is 2. The fourth-order valence-electron chi connectivity index (χ4n) is 3.22. The molecule has 28 heavy (non-hydrogen) atoms. The number of rotatable bonds is 4. The van der Waals surface area contributed by atoms with E-state index in [1.807, 2.05) is 31.2 Å². The standard InChI is InChI=1S/C21H20N2O5/c1-12-3-5-14(6-4-12)10-26-20(24)18-13(2)22-21(25)23-19(18)15-7-8-16-17(9-15)28-11-27-16/h3-9,19H,10-11H2,1-2H3,(H2,22,23,25)/t19-/m1/s1. The lowest BCUT2D eigenvalue weighted by Crippen LogP contribution is -2.45. The second-order valence-electron chi connectivity index (χ2n) is 6.74. The van der Waals surface area contributed by atoms with Crippen LogP contribution in [0.1, 0.15) is 29.7 Å². The topological polar surface area (TPSA) is 85.9 Å². The van der Waals surface area contributed by atoms with Gasteiger partial charge in [0.1, 0.15) is 6.61 Å². The van der Waals surface area contributed by atoms with Crippen molar-refractivity contribution in [1.29, 1.82) is 0 Å². The lowest BCUT2D eigenvalue weighted by atomic mass is 9.95. The molecule has 0 saturated carbocycles. The number of esters is 1. The van der Waals surface area contributed by atoms with Crippen molar-refractivity contribution in [2.75, 3.05) is 6.79 Å². The van der Waals surface area contributed by atoms with Gasteiger partial charge in [0.05, 0.1) is 11.6 Å². The molecule has 0 aliphatic carbocycles. The zero-order valence-electron chi connectivity index (χ0n) is 15.6. The van der Waals surface area contributed by atoms with Gasteiger partial charge in [-0.1, -0.05) is 35.9 Å². The lowest BCUT2D eigenvalue weighted by Gasteiger charge is -2.28. The van der Waals surface area contributed by atoms with Gasteiger partial charge in [0.25, 0.3) is 0 Å². The molecule has 2 aromatic rings. The predicted molar refractivity (Wildman–Crippen MR) is 101 cm³/mol. The average molecular weight is 380 g/mol. The molecule has 0 bridgehead atoms. The molecule has 144 valence electrons. The summed E-state index contributed by atoms with van der Waals surface area (Å²) in [6.45, 7) is 3.98. The maximum atomic E-state index is 12.8. The van der Waals surface area contributed by atoms with Crippen molar-refractivity contribution in [2.45, 2.75) is 26.5 Å². The molecule has 2 aromatic carbocycles. The van der Waals surface area contributed by atoms with E-state index in [1.165, 1.54) is 0 Å². The van der Waals surface area contributed by atoms with Crippen molar-refractivity contribution in [2.24, 2.45) is 0 Å². The third-order valence-electron chi connectivity index (χ3n) is 4.71. The first kappa shape index (κ1) is 17.9. The second-order valence-corrected chi connectivity index (χ2v) is 6.74. The van der Waals surface area contributed by atoms with Gasteiger partial charge >= 0.3 is 12.0 Å². The van der Waals surface area contributed by atoms with Crippen LogP contribution >= 0.6 is 0 Å². The van der Waals surface area contributed by atoms with E-state index in [-0.39, 0.29) is 19.4 Å². The fourth-order valence-corrected chi connectivity index (χ4v) is 3.22. The summed E-state index contributed by atoms with van der Waals surface area (Å²) in [4.78, 5) is 24.9. The Hall–Kier alpha value is -3.48. The molecule has 4 rings (SSSR count). The number of hydrogen-bond acceptors (Lipinski definition) is 5. The number of aryl methyl sites for hydroxylation is 1. The van der Waals surface area contributed by atoms with Gasteiger partial charge in [-0.2, -0.15) is 0 Å². The number of fused-ring (bicyclic) bond motifs is 1. The maximum absolute atomic E-state index is 12.8. The number of allylic oxidation sites excluding steroid dienone is 1. The van der Waals surface area contributed by atoms with Crippen molar-refractivity contribution < 1.29 is 23.8 Å². The Bertz CT molecular complexity index is 965. The maximum Gasteiger partial charge on any atom is 0.338 e. The first-order valence-corrected chi connectivity index (χ1v) is 8.92. The summed E-state index contributed by atoms with van der Waals surface area (Å²) in [6.07, 6.45) is 0. The van der Waals surface area contributed by atoms with Gasteiger partial charge in [-0.3, -0.25) is 0 Å². The number of hydrogen-bond donors (Lipinski definition) is 2. The van der Waals surface area contributed by atoms with Crippen LogP contribution < -0.4 is 20.1 Å². The van der Waals surface area contributed by atoms with Crippen LogP contribution in [0, 0.1) is 6.92 Å². The summed E-state index contributed by atoms with van der Waals surface area (Å²) in [5.74, 6) is 0.719. The highest BCUT2D eigenvalue weighted by atomic mass is 16.7. The molecular formula is C21H20N2O5. The number of ether oxygens (including phenoxy) is 3. The van der Waals surface area contributed by atoms with Crippen molar-refractivity contribution in [3.8, 4) is 11.5 Å². The number of nitrogens with one attached hydrogen (secondary N) is 2. The summed E-state index contributed by atoms with van der Waals surface area (Å²) in [7, 11) is 0. The van der Waals surface area contributed by atoms with E-state index in [9.17, 15) is 9.59 Å². The van der Waals surface area contributed by atoms with E-state index in [2.05, 4.69) is 10.6 Å². The minimum Gasteiger partial charge on any atom is -0.457 e. The van der Waals surface area contributed by atoms with E-state index >= 15 is 0 Å². The summed E-state index contributed by atoms with van der Waals surface area (Å²) in [5.41, 5.74) is 3.55. The number of amides is 2. The lowest BCUT2D eigenvalue weighted by molar-refractivity contribution is -0.140. The zero-order valence-corrected chi connectivity index (χ0v) is 15.6. The van der Waals surface area contributed by atoms with Crippen molar-refractivity contribution in [1.82, 2.24) is 10.6 Å². The summed E-state index contributed by atoms with van der Waals surface area (Å²) in [5, 5.41) is 5.43. The van der Waals surface area contributed by atoms with E-state index in [1.54, 1.807) is 25.1 Å². The normalized spacial score (nSPS) is 17.8. The van der Waals surface area contributed by atoms with Crippen LogP contribution in [-0.4, -0.2) is 18.8 Å². The molecule has 0 radical (unpaired) electrons. The molecule has 1 atom stereocenters. The van der Waals surface area contributed by atoms with Crippen molar-refractivity contribution in [3.05, 3.63) is 70.4 Å². The summed E-state index contributed by atoms with van der Waals surface area (Å²) in [6, 6.07) is 12.1. The van der Waals surface area contributed by atoms with Crippen LogP contribution in [-0.2, 0) is 16.1 Å². The second kappa shape index (κ2) is 7.26. The Balaban J connectivity index is 1.58. The van der Waals surface area contributed by atoms with Crippen LogP contribution in [0.15, 0.2) is 53.7 Å². The molecule has 0 saturated heterocycles. The molecular weight excluding hydrogens is 360 g/mol. The Labute approximate surface area is 162 Å². The average Bonchev–Trinajstić information content (AvgIpc) is 3.14. The first-order chi connectivity index (χ1) is 13.5. The molecule has 2 N–H and O–H groups in total. The third kappa shape index (κ3) is 3.51. The van der Waals surface area contributed by atoms with Gasteiger partial charge in [0, 0.05) is 5.70 Å². The van der Waals surface area contributed by atoms with Gasteiger partial charge in [-0.25, -0.2) is 9.59 Å². The molecule has 2 aliphatic heterocycles. The summed E-state index contributed by atoms with van der Waals surface area (Å²) >= 11 is 0. The molecule has 2 heterocycles. The first-order valence-electron chi connectivity index (χ1n) is 8.92. The Morgan fingerprint density at radius 3 is 2.64 bits per heavy atom. The minimum absolute atomic E-state index is 0.150. The highest BCUT2D eigenvalue weighted by molar-refractivity contribution is 5.95. The van der Waals surface area contributed by atoms with Crippen LogP contribution in [0.25, 0.3) is 0 Å². The smallest absolute Gasteiger partial charge is 0.338 e. The van der Waals surface area contributed by atoms with Gasteiger partial charge in [-0.05, 0) is 37.1 Å². The SMILES string of the molecule is CC1=C(C(=O)OCc2ccc(C)cc2)[C@@H](c2ccc3c(c2)OCO3)NC(=O)N1. The van der Waals surface area contributed by atoms with Gasteiger partial charge in [0.2, 0.25) is 6.79 Å². The van der Waals surface area contributed by atoms with Crippen molar-refractivity contribution >= 4 is 12.0 Å². The Morgan fingerprint density at radius 1 is 1.11 bits per heavy atom. The molecule has 0 fully saturated rings. The van der Waals surface area contributed by atoms with Crippen LogP contribution in [0.2, 0.25) is 0 Å². The van der Waals surface area contributed by atoms with Crippen LogP contribution in [0.4, 0.5) is 4.79 Å². The highest BCUT2D eigenvalue weighted by Gasteiger charge is 2.33. The third-order valence-corrected chi connectivity index (χ3v) is 4.71. The Kier molecular flexibility index (Phi) is 4.65. The van der Waals surface area contributed by atoms with Crippen LogP contribution in [0.5, 0.6) is 11.5 Å². The monoisotopic (exact) mass is 380 g/mol. The quantitative estimate of drug-likeness (QED) is 0.796. The Morgan fingerprint density at radius 2 is 1.86 bits per heavy atom. The molecule has 0 spiro atoms. The van der Waals surface area contributed by atoms with E-state index in [4.69, 9.17) is 14.2 Å². The van der Waals surface area contributed by atoms with E-state index in [0.29, 0.717) is 28.3 Å². The molecule has 0 aromatic heterocycles. The molecule has 2 amide bonds. The molecule has 7 heteroatoms. The molecule has 7 nitrogen and oxygen atoms in total.